The monoisotopic (exact) mass is 346 g/mol. The number of anilines is 2. The van der Waals surface area contributed by atoms with Gasteiger partial charge in [-0.1, -0.05) is 42.5 Å². The summed E-state index contributed by atoms with van der Waals surface area (Å²) in [4.78, 5) is 10.1. The van der Waals surface area contributed by atoms with Gasteiger partial charge in [0.1, 0.15) is 5.82 Å². The lowest BCUT2D eigenvalue weighted by Crippen LogP contribution is -2.47. The largest absolute Gasteiger partial charge is 0.481 e. The highest BCUT2D eigenvalue weighted by Crippen LogP contribution is 2.36. The van der Waals surface area contributed by atoms with Crippen LogP contribution in [-0.2, 0) is 0 Å². The Hall–Kier alpha value is -2.70. The molecule has 0 spiro atoms. The van der Waals surface area contributed by atoms with Crippen molar-refractivity contribution in [2.75, 3.05) is 30.8 Å². The lowest BCUT2D eigenvalue weighted by atomic mass is 9.92. The molecule has 1 fully saturated rings. The van der Waals surface area contributed by atoms with Crippen LogP contribution < -0.4 is 15.4 Å². The lowest BCUT2D eigenvalue weighted by molar-refractivity contribution is -0.0544. The maximum absolute atomic E-state index is 14.3. The highest BCUT2D eigenvalue weighted by molar-refractivity contribution is 5.50. The summed E-state index contributed by atoms with van der Waals surface area (Å²) >= 11 is 0. The summed E-state index contributed by atoms with van der Waals surface area (Å²) in [5, 5.41) is 0. The lowest BCUT2D eigenvalue weighted by Gasteiger charge is -2.37. The zero-order chi connectivity index (χ0) is 17.9. The second-order valence-corrected chi connectivity index (χ2v) is 5.97. The van der Waals surface area contributed by atoms with Crippen LogP contribution in [0.5, 0.6) is 5.88 Å². The van der Waals surface area contributed by atoms with Crippen LogP contribution in [0.2, 0.25) is 0 Å². The van der Waals surface area contributed by atoms with E-state index in [-0.39, 0.29) is 25.3 Å². The summed E-state index contributed by atoms with van der Waals surface area (Å²) < 4.78 is 33.7. The number of aromatic nitrogens is 2. The molecule has 1 aliphatic rings. The summed E-state index contributed by atoms with van der Waals surface area (Å²) in [6.45, 7) is 0.276. The van der Waals surface area contributed by atoms with Gasteiger partial charge in [0, 0.05) is 25.6 Å². The molecule has 2 N–H and O–H groups in total. The average Bonchev–Trinajstić information content (AvgIpc) is 2.61. The third-order valence-electron chi connectivity index (χ3n) is 4.20. The van der Waals surface area contributed by atoms with Gasteiger partial charge in [0.05, 0.1) is 13.0 Å². The van der Waals surface area contributed by atoms with E-state index in [4.69, 9.17) is 10.5 Å². The second-order valence-electron chi connectivity index (χ2n) is 5.97. The first-order chi connectivity index (χ1) is 12.0. The number of rotatable bonds is 4. The number of nitrogens with two attached hydrogens (primary N) is 1. The number of methoxy groups -OCH3 is 1. The van der Waals surface area contributed by atoms with E-state index >= 15 is 0 Å². The van der Waals surface area contributed by atoms with Gasteiger partial charge in [0.25, 0.3) is 5.92 Å². The predicted octanol–water partition coefficient (Wildman–Crippen LogP) is 3.24. The van der Waals surface area contributed by atoms with Crippen molar-refractivity contribution in [3.05, 3.63) is 48.0 Å². The first-order valence-corrected chi connectivity index (χ1v) is 8.02. The molecule has 2 heterocycles. The average molecular weight is 346 g/mol. The molecule has 0 bridgehead atoms. The fourth-order valence-electron chi connectivity index (χ4n) is 2.78. The number of alkyl halides is 2. The molecule has 1 aromatic heterocycles. The zero-order valence-corrected chi connectivity index (χ0v) is 13.9. The van der Waals surface area contributed by atoms with Crippen molar-refractivity contribution in [3.63, 3.8) is 0 Å². The van der Waals surface area contributed by atoms with Crippen LogP contribution in [0.25, 0.3) is 6.08 Å². The van der Waals surface area contributed by atoms with Crippen LogP contribution in [0, 0.1) is 5.92 Å². The van der Waals surface area contributed by atoms with E-state index in [9.17, 15) is 8.78 Å². The van der Waals surface area contributed by atoms with E-state index in [1.54, 1.807) is 17.1 Å². The summed E-state index contributed by atoms with van der Waals surface area (Å²) in [5.41, 5.74) is 6.63. The van der Waals surface area contributed by atoms with Crippen LogP contribution in [0.3, 0.4) is 0 Å². The van der Waals surface area contributed by atoms with Crippen molar-refractivity contribution in [1.82, 2.24) is 9.97 Å². The second kappa shape index (κ2) is 7.04. The number of nitrogens with zero attached hydrogens (tertiary/aromatic N) is 3. The number of hydrogen-bond acceptors (Lipinski definition) is 5. The molecule has 0 saturated carbocycles. The maximum Gasteiger partial charge on any atom is 0.257 e. The highest BCUT2D eigenvalue weighted by Gasteiger charge is 2.43. The molecule has 5 nitrogen and oxygen atoms in total. The minimum absolute atomic E-state index is 0.114. The Morgan fingerprint density at radius 2 is 2.04 bits per heavy atom. The standard InChI is InChI=1S/C18H20F2N4O/c1-25-16-11-15(21)22-17(23-16)24-10-9-18(19,20)14(12-24)8-7-13-5-3-2-4-6-13/h2-8,11,14H,9-10,12H2,1H3,(H2,21,22,23)/b8-7+. The van der Waals surface area contributed by atoms with E-state index in [1.807, 2.05) is 30.3 Å². The number of halogens is 2. The molecule has 1 aromatic carbocycles. The fraction of sp³-hybridized carbons (Fsp3) is 0.333. The number of ether oxygens (including phenoxy) is 1. The Kier molecular flexibility index (Phi) is 4.83. The molecule has 1 unspecified atom stereocenters. The van der Waals surface area contributed by atoms with Gasteiger partial charge in [-0.25, -0.2) is 8.78 Å². The van der Waals surface area contributed by atoms with Gasteiger partial charge in [-0.3, -0.25) is 0 Å². The Morgan fingerprint density at radius 3 is 2.76 bits per heavy atom. The van der Waals surface area contributed by atoms with Crippen molar-refractivity contribution in [1.29, 1.82) is 0 Å². The number of piperidine rings is 1. The van der Waals surface area contributed by atoms with Gasteiger partial charge in [-0.05, 0) is 5.56 Å². The summed E-state index contributed by atoms with van der Waals surface area (Å²) in [6.07, 6.45) is 3.02. The molecular formula is C18H20F2N4O. The van der Waals surface area contributed by atoms with E-state index in [1.165, 1.54) is 13.2 Å². The summed E-state index contributed by atoms with van der Waals surface area (Å²) in [5.74, 6) is -2.83. The number of nitrogen functional groups attached to an aromatic ring is 1. The van der Waals surface area contributed by atoms with E-state index in [0.717, 1.165) is 5.56 Å². The Balaban J connectivity index is 1.81. The Bertz CT molecular complexity index is 752. The molecule has 1 atom stereocenters. The van der Waals surface area contributed by atoms with Crippen molar-refractivity contribution in [2.24, 2.45) is 5.92 Å². The van der Waals surface area contributed by atoms with Crippen LogP contribution in [0.4, 0.5) is 20.5 Å². The molecule has 1 saturated heterocycles. The van der Waals surface area contributed by atoms with E-state index in [0.29, 0.717) is 11.8 Å². The summed E-state index contributed by atoms with van der Waals surface area (Å²) in [7, 11) is 1.47. The molecular weight excluding hydrogens is 326 g/mol. The van der Waals surface area contributed by atoms with Crippen molar-refractivity contribution in [2.45, 2.75) is 12.3 Å². The molecule has 7 heteroatoms. The molecule has 0 radical (unpaired) electrons. The predicted molar refractivity (Wildman–Crippen MR) is 93.7 cm³/mol. The molecule has 0 amide bonds. The number of benzene rings is 1. The normalized spacial score (nSPS) is 20.0. The van der Waals surface area contributed by atoms with Gasteiger partial charge in [0.2, 0.25) is 11.8 Å². The molecule has 3 rings (SSSR count). The van der Waals surface area contributed by atoms with E-state index < -0.39 is 11.8 Å². The first kappa shape index (κ1) is 17.1. The van der Waals surface area contributed by atoms with E-state index in [2.05, 4.69) is 9.97 Å². The quantitative estimate of drug-likeness (QED) is 0.921. The SMILES string of the molecule is COc1cc(N)nc(N2CCC(F)(F)C(/C=C/c3ccccc3)C2)n1. The van der Waals surface area contributed by atoms with Gasteiger partial charge >= 0.3 is 0 Å². The third-order valence-corrected chi connectivity index (χ3v) is 4.20. The van der Waals surface area contributed by atoms with Crippen molar-refractivity contribution in [3.8, 4) is 5.88 Å². The topological polar surface area (TPSA) is 64.3 Å². The molecule has 132 valence electrons. The third kappa shape index (κ3) is 4.04. The Labute approximate surface area is 145 Å². The molecule has 0 aliphatic carbocycles. The van der Waals surface area contributed by atoms with Gasteiger partial charge < -0.3 is 15.4 Å². The first-order valence-electron chi connectivity index (χ1n) is 8.02. The van der Waals surface area contributed by atoms with Gasteiger partial charge in [0.15, 0.2) is 0 Å². The van der Waals surface area contributed by atoms with Crippen LogP contribution in [0.1, 0.15) is 12.0 Å². The van der Waals surface area contributed by atoms with Crippen molar-refractivity contribution < 1.29 is 13.5 Å². The van der Waals surface area contributed by atoms with Crippen LogP contribution in [-0.4, -0.2) is 36.1 Å². The Morgan fingerprint density at radius 1 is 1.28 bits per heavy atom. The highest BCUT2D eigenvalue weighted by atomic mass is 19.3. The minimum Gasteiger partial charge on any atom is -0.481 e. The maximum atomic E-state index is 14.3. The zero-order valence-electron chi connectivity index (χ0n) is 13.9. The van der Waals surface area contributed by atoms with Gasteiger partial charge in [-0.15, -0.1) is 0 Å². The summed E-state index contributed by atoms with van der Waals surface area (Å²) in [6, 6.07) is 10.9. The molecule has 2 aromatic rings. The molecule has 25 heavy (non-hydrogen) atoms. The van der Waals surface area contributed by atoms with Gasteiger partial charge in [-0.2, -0.15) is 9.97 Å². The molecule has 1 aliphatic heterocycles. The fourth-order valence-corrected chi connectivity index (χ4v) is 2.78. The van der Waals surface area contributed by atoms with Crippen LogP contribution in [0.15, 0.2) is 42.5 Å². The smallest absolute Gasteiger partial charge is 0.257 e. The number of hydrogen-bond donors (Lipinski definition) is 1. The minimum atomic E-state index is -2.77. The van der Waals surface area contributed by atoms with Crippen molar-refractivity contribution >= 4 is 17.8 Å². The van der Waals surface area contributed by atoms with Crippen LogP contribution >= 0.6 is 0 Å².